The summed E-state index contributed by atoms with van der Waals surface area (Å²) in [6.45, 7) is 1.50. The Balaban J connectivity index is 1.46. The smallest absolute Gasteiger partial charge is 0.300 e. The van der Waals surface area contributed by atoms with Gasteiger partial charge in [-0.1, -0.05) is 17.7 Å². The molecule has 128 valence electrons. The van der Waals surface area contributed by atoms with Crippen LogP contribution in [0.1, 0.15) is 23.2 Å². The Morgan fingerprint density at radius 3 is 3.08 bits per heavy atom. The van der Waals surface area contributed by atoms with Crippen LogP contribution in [0.25, 0.3) is 11.2 Å². The molecule has 0 bridgehead atoms. The molecule has 1 aliphatic rings. The van der Waals surface area contributed by atoms with E-state index >= 15 is 0 Å². The third-order valence-electron chi connectivity index (χ3n) is 4.27. The van der Waals surface area contributed by atoms with Crippen molar-refractivity contribution in [3.63, 3.8) is 0 Å². The van der Waals surface area contributed by atoms with E-state index < -0.39 is 0 Å². The average molecular weight is 357 g/mol. The minimum atomic E-state index is -0.117. The van der Waals surface area contributed by atoms with Crippen LogP contribution in [0.15, 0.2) is 47.0 Å². The first-order valence-corrected chi connectivity index (χ1v) is 8.60. The maximum Gasteiger partial charge on any atom is 0.300 e. The zero-order valence-electron chi connectivity index (χ0n) is 13.5. The van der Waals surface area contributed by atoms with Crippen LogP contribution in [0.3, 0.4) is 0 Å². The second kappa shape index (κ2) is 6.72. The van der Waals surface area contributed by atoms with E-state index in [1.807, 2.05) is 17.0 Å². The third kappa shape index (κ3) is 3.44. The molecular formula is C18H17ClN4O2. The Labute approximate surface area is 149 Å². The predicted octanol–water partition coefficient (Wildman–Crippen LogP) is 3.28. The van der Waals surface area contributed by atoms with Gasteiger partial charge in [-0.25, -0.2) is 4.98 Å². The Morgan fingerprint density at radius 2 is 2.24 bits per heavy atom. The first kappa shape index (κ1) is 15.9. The summed E-state index contributed by atoms with van der Waals surface area (Å²) in [5, 5.41) is 3.62. The molecule has 4 rings (SSSR count). The lowest BCUT2D eigenvalue weighted by Crippen LogP contribution is -2.48. The van der Waals surface area contributed by atoms with Gasteiger partial charge in [-0.3, -0.25) is 4.79 Å². The van der Waals surface area contributed by atoms with Crippen LogP contribution < -0.4 is 10.2 Å². The van der Waals surface area contributed by atoms with Crippen molar-refractivity contribution in [2.24, 2.45) is 0 Å². The monoisotopic (exact) mass is 356 g/mol. The summed E-state index contributed by atoms with van der Waals surface area (Å²) in [6.07, 6.45) is 3.56. The van der Waals surface area contributed by atoms with Gasteiger partial charge in [0.2, 0.25) is 5.65 Å². The van der Waals surface area contributed by atoms with Crippen LogP contribution >= 0.6 is 11.6 Å². The molecule has 1 atom stereocenters. The molecule has 1 amide bonds. The number of nitrogens with zero attached hydrogens (tertiary/aromatic N) is 3. The zero-order valence-corrected chi connectivity index (χ0v) is 14.2. The van der Waals surface area contributed by atoms with Crippen LogP contribution in [-0.2, 0) is 0 Å². The first-order chi connectivity index (χ1) is 12.2. The predicted molar refractivity (Wildman–Crippen MR) is 96.0 cm³/mol. The van der Waals surface area contributed by atoms with Gasteiger partial charge in [-0.2, -0.15) is 4.98 Å². The highest BCUT2D eigenvalue weighted by Gasteiger charge is 2.25. The normalized spacial score (nSPS) is 17.6. The maximum atomic E-state index is 12.4. The summed E-state index contributed by atoms with van der Waals surface area (Å²) in [5.74, 6) is -0.117. The Kier molecular flexibility index (Phi) is 4.28. The van der Waals surface area contributed by atoms with E-state index in [4.69, 9.17) is 16.0 Å². The lowest BCUT2D eigenvalue weighted by atomic mass is 10.1. The molecule has 1 fully saturated rings. The first-order valence-electron chi connectivity index (χ1n) is 8.22. The second-order valence-corrected chi connectivity index (χ2v) is 6.53. The minimum absolute atomic E-state index is 0.0307. The summed E-state index contributed by atoms with van der Waals surface area (Å²) >= 11 is 5.96. The molecule has 25 heavy (non-hydrogen) atoms. The molecule has 1 saturated heterocycles. The highest BCUT2D eigenvalue weighted by Crippen LogP contribution is 2.23. The van der Waals surface area contributed by atoms with E-state index in [1.54, 1.807) is 30.5 Å². The largest absolute Gasteiger partial charge is 0.422 e. The van der Waals surface area contributed by atoms with Gasteiger partial charge < -0.3 is 14.6 Å². The lowest BCUT2D eigenvalue weighted by Gasteiger charge is -2.32. The summed E-state index contributed by atoms with van der Waals surface area (Å²) in [6, 6.07) is 11.2. The van der Waals surface area contributed by atoms with E-state index in [1.165, 1.54) is 0 Å². The van der Waals surface area contributed by atoms with Gasteiger partial charge in [0, 0.05) is 35.9 Å². The molecule has 6 nitrogen and oxygen atoms in total. The van der Waals surface area contributed by atoms with Crippen molar-refractivity contribution in [1.82, 2.24) is 15.3 Å². The molecule has 2 aromatic heterocycles. The van der Waals surface area contributed by atoms with Gasteiger partial charge in [-0.05, 0) is 43.2 Å². The Morgan fingerprint density at radius 1 is 1.32 bits per heavy atom. The van der Waals surface area contributed by atoms with Crippen LogP contribution in [0.5, 0.6) is 0 Å². The molecule has 0 aliphatic carbocycles. The van der Waals surface area contributed by atoms with Crippen molar-refractivity contribution in [1.29, 1.82) is 0 Å². The highest BCUT2D eigenvalue weighted by atomic mass is 35.5. The van der Waals surface area contributed by atoms with Crippen molar-refractivity contribution in [2.45, 2.75) is 18.9 Å². The molecule has 1 unspecified atom stereocenters. The minimum Gasteiger partial charge on any atom is -0.422 e. The van der Waals surface area contributed by atoms with Crippen molar-refractivity contribution >= 4 is 34.8 Å². The number of fused-ring (bicyclic) bond motifs is 1. The number of benzene rings is 1. The molecule has 3 heterocycles. The van der Waals surface area contributed by atoms with E-state index in [2.05, 4.69) is 15.3 Å². The van der Waals surface area contributed by atoms with E-state index in [9.17, 15) is 4.79 Å². The topological polar surface area (TPSA) is 71.3 Å². The fraction of sp³-hybridized carbons (Fsp3) is 0.278. The van der Waals surface area contributed by atoms with Gasteiger partial charge >= 0.3 is 0 Å². The van der Waals surface area contributed by atoms with E-state index in [-0.39, 0.29) is 11.9 Å². The Bertz CT molecular complexity index is 878. The fourth-order valence-corrected chi connectivity index (χ4v) is 3.25. The molecule has 0 saturated carbocycles. The van der Waals surface area contributed by atoms with Crippen LogP contribution in [0.4, 0.5) is 6.01 Å². The number of anilines is 1. The number of hydrogen-bond acceptors (Lipinski definition) is 5. The fourth-order valence-electron chi connectivity index (χ4n) is 3.06. The van der Waals surface area contributed by atoms with E-state index in [0.29, 0.717) is 34.4 Å². The number of nitrogens with one attached hydrogen (secondary N) is 1. The van der Waals surface area contributed by atoms with Crippen molar-refractivity contribution in [3.8, 4) is 0 Å². The summed E-state index contributed by atoms with van der Waals surface area (Å²) in [5.41, 5.74) is 1.83. The standard InChI is InChI=1S/C18H17ClN4O2/c19-13-5-1-4-12(10-13)17(24)21-14-6-3-9-23(11-14)18-22-16-15(25-18)7-2-8-20-16/h1-2,4-5,7-8,10,14H,3,6,9,11H2,(H,21,24). The average Bonchev–Trinajstić information content (AvgIpc) is 3.06. The number of halogens is 1. The number of aromatic nitrogens is 2. The third-order valence-corrected chi connectivity index (χ3v) is 4.50. The number of carbonyl (C=O) groups is 1. The highest BCUT2D eigenvalue weighted by molar-refractivity contribution is 6.30. The summed E-state index contributed by atoms with van der Waals surface area (Å²) in [4.78, 5) is 23.1. The molecule has 7 heteroatoms. The van der Waals surface area contributed by atoms with Gasteiger partial charge in [0.15, 0.2) is 5.58 Å². The van der Waals surface area contributed by atoms with Crippen LogP contribution in [0.2, 0.25) is 5.02 Å². The number of carbonyl (C=O) groups excluding carboxylic acids is 1. The molecule has 3 aromatic rings. The number of oxazole rings is 1. The zero-order chi connectivity index (χ0) is 17.2. The number of piperidine rings is 1. The number of rotatable bonds is 3. The van der Waals surface area contributed by atoms with Crippen LogP contribution in [-0.4, -0.2) is 35.0 Å². The van der Waals surface area contributed by atoms with Gasteiger partial charge in [-0.15, -0.1) is 0 Å². The lowest BCUT2D eigenvalue weighted by molar-refractivity contribution is 0.0932. The van der Waals surface area contributed by atoms with Crippen LogP contribution in [0, 0.1) is 0 Å². The summed E-state index contributed by atoms with van der Waals surface area (Å²) in [7, 11) is 0. The quantitative estimate of drug-likeness (QED) is 0.779. The van der Waals surface area contributed by atoms with E-state index in [0.717, 1.165) is 19.4 Å². The molecule has 1 aromatic carbocycles. The SMILES string of the molecule is O=C(NC1CCCN(c2nc3ncccc3o2)C1)c1cccc(Cl)c1. The molecule has 1 N–H and O–H groups in total. The van der Waals surface area contributed by atoms with Gasteiger partial charge in [0.1, 0.15) is 0 Å². The van der Waals surface area contributed by atoms with Crippen molar-refractivity contribution in [3.05, 3.63) is 53.2 Å². The number of amides is 1. The summed E-state index contributed by atoms with van der Waals surface area (Å²) < 4.78 is 5.78. The van der Waals surface area contributed by atoms with Gasteiger partial charge in [0.25, 0.3) is 11.9 Å². The molecule has 1 aliphatic heterocycles. The number of pyridine rings is 1. The molecule has 0 radical (unpaired) electrons. The maximum absolute atomic E-state index is 12.4. The second-order valence-electron chi connectivity index (χ2n) is 6.09. The molecular weight excluding hydrogens is 340 g/mol. The Hall–Kier alpha value is -2.60. The van der Waals surface area contributed by atoms with Crippen molar-refractivity contribution in [2.75, 3.05) is 18.0 Å². The molecule has 0 spiro atoms. The number of hydrogen-bond donors (Lipinski definition) is 1. The van der Waals surface area contributed by atoms with Crippen molar-refractivity contribution < 1.29 is 9.21 Å². The van der Waals surface area contributed by atoms with Gasteiger partial charge in [0.05, 0.1) is 0 Å².